The maximum absolute atomic E-state index is 13.3. The molecule has 0 atom stereocenters. The summed E-state index contributed by atoms with van der Waals surface area (Å²) in [6.07, 6.45) is 0.854. The van der Waals surface area contributed by atoms with Crippen LogP contribution in [-0.4, -0.2) is 9.78 Å². The molecule has 2 nitrogen and oxygen atoms in total. The SMILES string of the molecule is CCc1cc(=S)n(-c2ccc(Cl)c(F)c2)[nH]1. The van der Waals surface area contributed by atoms with E-state index in [1.165, 1.54) is 12.1 Å². The van der Waals surface area contributed by atoms with Crippen molar-refractivity contribution in [3.05, 3.63) is 45.4 Å². The van der Waals surface area contributed by atoms with Gasteiger partial charge in [-0.15, -0.1) is 0 Å². The zero-order valence-electron chi connectivity index (χ0n) is 8.63. The lowest BCUT2D eigenvalue weighted by molar-refractivity contribution is 0.625. The van der Waals surface area contributed by atoms with Gasteiger partial charge in [-0.1, -0.05) is 30.7 Å². The van der Waals surface area contributed by atoms with Crippen molar-refractivity contribution >= 4 is 23.8 Å². The van der Waals surface area contributed by atoms with Crippen LogP contribution in [-0.2, 0) is 6.42 Å². The van der Waals surface area contributed by atoms with Gasteiger partial charge in [0, 0.05) is 11.8 Å². The number of nitrogens with zero attached hydrogens (tertiary/aromatic N) is 1. The molecule has 0 spiro atoms. The van der Waals surface area contributed by atoms with Gasteiger partial charge in [-0.3, -0.25) is 5.10 Å². The van der Waals surface area contributed by atoms with Gasteiger partial charge in [0.25, 0.3) is 0 Å². The molecular weight excluding hydrogens is 247 g/mol. The molecule has 5 heteroatoms. The van der Waals surface area contributed by atoms with Crippen LogP contribution in [0.15, 0.2) is 24.3 Å². The molecule has 0 saturated heterocycles. The summed E-state index contributed by atoms with van der Waals surface area (Å²) < 4.78 is 15.6. The molecule has 0 radical (unpaired) electrons. The van der Waals surface area contributed by atoms with Crippen molar-refractivity contribution in [2.75, 3.05) is 0 Å². The third-order valence-electron chi connectivity index (χ3n) is 2.32. The number of benzene rings is 1. The maximum atomic E-state index is 13.3. The Labute approximate surface area is 103 Å². The molecule has 0 bridgehead atoms. The molecule has 2 aromatic rings. The Morgan fingerprint density at radius 2 is 2.19 bits per heavy atom. The van der Waals surface area contributed by atoms with E-state index in [4.69, 9.17) is 23.8 Å². The van der Waals surface area contributed by atoms with Crippen LogP contribution in [0.2, 0.25) is 5.02 Å². The van der Waals surface area contributed by atoms with Gasteiger partial charge < -0.3 is 0 Å². The maximum Gasteiger partial charge on any atom is 0.143 e. The summed E-state index contributed by atoms with van der Waals surface area (Å²) in [6.45, 7) is 2.02. The van der Waals surface area contributed by atoms with Gasteiger partial charge in [0.1, 0.15) is 10.5 Å². The van der Waals surface area contributed by atoms with Crippen LogP contribution in [0, 0.1) is 10.5 Å². The van der Waals surface area contributed by atoms with Crippen LogP contribution in [0.25, 0.3) is 5.69 Å². The van der Waals surface area contributed by atoms with Gasteiger partial charge in [0.2, 0.25) is 0 Å². The van der Waals surface area contributed by atoms with Crippen molar-refractivity contribution in [1.82, 2.24) is 9.78 Å². The van der Waals surface area contributed by atoms with E-state index >= 15 is 0 Å². The first-order valence-corrected chi connectivity index (χ1v) is 5.67. The number of aromatic nitrogens is 2. The van der Waals surface area contributed by atoms with E-state index < -0.39 is 5.82 Å². The molecule has 1 N–H and O–H groups in total. The highest BCUT2D eigenvalue weighted by Gasteiger charge is 2.05. The standard InChI is InChI=1S/C11H10ClFN2S/c1-2-7-5-11(16)15(14-7)8-3-4-9(12)10(13)6-8/h3-6,14H,2H2,1H3. The number of hydrogen-bond donors (Lipinski definition) is 1. The van der Waals surface area contributed by atoms with Gasteiger partial charge in [0.05, 0.1) is 10.7 Å². The van der Waals surface area contributed by atoms with Gasteiger partial charge in [-0.05, 0) is 24.6 Å². The van der Waals surface area contributed by atoms with Gasteiger partial charge in [-0.2, -0.15) is 0 Å². The van der Waals surface area contributed by atoms with Crippen LogP contribution in [0.5, 0.6) is 0 Å². The Bertz CT molecular complexity index is 574. The van der Waals surface area contributed by atoms with E-state index in [0.717, 1.165) is 12.1 Å². The Morgan fingerprint density at radius 1 is 1.44 bits per heavy atom. The van der Waals surface area contributed by atoms with E-state index in [1.54, 1.807) is 10.7 Å². The van der Waals surface area contributed by atoms with E-state index in [0.29, 0.717) is 10.3 Å². The minimum absolute atomic E-state index is 0.109. The largest absolute Gasteiger partial charge is 0.297 e. The molecule has 0 fully saturated rings. The van der Waals surface area contributed by atoms with E-state index in [9.17, 15) is 4.39 Å². The summed E-state index contributed by atoms with van der Waals surface area (Å²) in [5.74, 6) is -0.450. The average Bonchev–Trinajstić information content (AvgIpc) is 2.64. The summed E-state index contributed by atoms with van der Waals surface area (Å²) >= 11 is 10.8. The summed E-state index contributed by atoms with van der Waals surface area (Å²) in [6, 6.07) is 6.45. The minimum atomic E-state index is -0.450. The van der Waals surface area contributed by atoms with Crippen molar-refractivity contribution in [2.45, 2.75) is 13.3 Å². The number of H-pyrrole nitrogens is 1. The molecule has 0 saturated carbocycles. The number of halogens is 2. The van der Waals surface area contributed by atoms with Crippen molar-refractivity contribution in [3.63, 3.8) is 0 Å². The van der Waals surface area contributed by atoms with E-state index in [-0.39, 0.29) is 5.02 Å². The summed E-state index contributed by atoms with van der Waals surface area (Å²) in [7, 11) is 0. The summed E-state index contributed by atoms with van der Waals surface area (Å²) in [5.41, 5.74) is 1.66. The first kappa shape index (κ1) is 11.4. The lowest BCUT2D eigenvalue weighted by Gasteiger charge is -2.03. The zero-order valence-corrected chi connectivity index (χ0v) is 10.2. The molecule has 1 heterocycles. The molecule has 1 aromatic carbocycles. The molecular formula is C11H10ClFN2S. The van der Waals surface area contributed by atoms with Crippen LogP contribution >= 0.6 is 23.8 Å². The average molecular weight is 257 g/mol. The second kappa shape index (κ2) is 4.39. The number of rotatable bonds is 2. The minimum Gasteiger partial charge on any atom is -0.297 e. The molecule has 0 aliphatic rings. The predicted molar refractivity (Wildman–Crippen MR) is 65.3 cm³/mol. The molecule has 2 rings (SSSR count). The van der Waals surface area contributed by atoms with Crippen molar-refractivity contribution < 1.29 is 4.39 Å². The Hall–Kier alpha value is -1.13. The Morgan fingerprint density at radius 3 is 2.75 bits per heavy atom. The second-order valence-electron chi connectivity index (χ2n) is 3.41. The topological polar surface area (TPSA) is 20.7 Å². The highest BCUT2D eigenvalue weighted by Crippen LogP contribution is 2.18. The Balaban J connectivity index is 2.54. The molecule has 0 aliphatic heterocycles. The van der Waals surface area contributed by atoms with Crippen molar-refractivity contribution in [1.29, 1.82) is 0 Å². The highest BCUT2D eigenvalue weighted by molar-refractivity contribution is 7.71. The molecule has 84 valence electrons. The van der Waals surface area contributed by atoms with E-state index in [1.807, 2.05) is 13.0 Å². The molecule has 0 aliphatic carbocycles. The highest BCUT2D eigenvalue weighted by atomic mass is 35.5. The third-order valence-corrected chi connectivity index (χ3v) is 2.92. The number of nitrogens with one attached hydrogen (secondary N) is 1. The van der Waals surface area contributed by atoms with Gasteiger partial charge >= 0.3 is 0 Å². The molecule has 16 heavy (non-hydrogen) atoms. The summed E-state index contributed by atoms with van der Waals surface area (Å²) in [4.78, 5) is 0. The van der Waals surface area contributed by atoms with Crippen LogP contribution in [0.3, 0.4) is 0 Å². The smallest absolute Gasteiger partial charge is 0.143 e. The number of aryl methyl sites for hydroxylation is 1. The lowest BCUT2D eigenvalue weighted by Crippen LogP contribution is -1.98. The Kier molecular flexibility index (Phi) is 3.12. The summed E-state index contributed by atoms with van der Waals surface area (Å²) in [5, 5.41) is 3.21. The number of aromatic amines is 1. The third kappa shape index (κ3) is 2.03. The fourth-order valence-electron chi connectivity index (χ4n) is 1.44. The van der Waals surface area contributed by atoms with Crippen LogP contribution < -0.4 is 0 Å². The van der Waals surface area contributed by atoms with Crippen molar-refractivity contribution in [2.24, 2.45) is 0 Å². The fourth-order valence-corrected chi connectivity index (χ4v) is 1.85. The molecule has 0 unspecified atom stereocenters. The molecule has 0 amide bonds. The monoisotopic (exact) mass is 256 g/mol. The lowest BCUT2D eigenvalue weighted by atomic mass is 10.3. The normalized spacial score (nSPS) is 10.7. The predicted octanol–water partition coefficient (Wildman–Crippen LogP) is 3.89. The van der Waals surface area contributed by atoms with Gasteiger partial charge in [-0.25, -0.2) is 9.07 Å². The quantitative estimate of drug-likeness (QED) is 0.809. The fraction of sp³-hybridized carbons (Fsp3) is 0.182. The van der Waals surface area contributed by atoms with Crippen LogP contribution in [0.4, 0.5) is 4.39 Å². The van der Waals surface area contributed by atoms with E-state index in [2.05, 4.69) is 5.10 Å². The molecule has 1 aromatic heterocycles. The van der Waals surface area contributed by atoms with Crippen molar-refractivity contribution in [3.8, 4) is 5.69 Å². The zero-order chi connectivity index (χ0) is 11.7. The number of hydrogen-bond acceptors (Lipinski definition) is 1. The second-order valence-corrected chi connectivity index (χ2v) is 4.23. The van der Waals surface area contributed by atoms with Gasteiger partial charge in [0.15, 0.2) is 0 Å². The first-order chi connectivity index (χ1) is 7.61. The van der Waals surface area contributed by atoms with Crippen LogP contribution in [0.1, 0.15) is 12.6 Å². The first-order valence-electron chi connectivity index (χ1n) is 4.88.